The molecule has 0 saturated carbocycles. The van der Waals surface area contributed by atoms with Gasteiger partial charge in [0.05, 0.1) is 12.9 Å². The van der Waals surface area contributed by atoms with Crippen LogP contribution in [0.4, 0.5) is 0 Å². The van der Waals surface area contributed by atoms with Gasteiger partial charge in [0.2, 0.25) is 0 Å². The van der Waals surface area contributed by atoms with Crippen molar-refractivity contribution in [1.29, 1.82) is 0 Å². The zero-order valence-electron chi connectivity index (χ0n) is 12.6. The topological polar surface area (TPSA) is 41.5 Å². The molecule has 0 aromatic heterocycles. The molecule has 3 heteroatoms. The van der Waals surface area contributed by atoms with Crippen LogP contribution in [0.25, 0.3) is 0 Å². The van der Waals surface area contributed by atoms with E-state index in [1.54, 1.807) is 24.3 Å². The Morgan fingerprint density at radius 3 is 3.10 bits per heavy atom. The molecule has 0 saturated heterocycles. The van der Waals surface area contributed by atoms with Crippen molar-refractivity contribution in [3.63, 3.8) is 0 Å². The molecule has 1 aliphatic heterocycles. The summed E-state index contributed by atoms with van der Waals surface area (Å²) in [5, 5.41) is 13.2. The van der Waals surface area contributed by atoms with E-state index in [0.717, 1.165) is 44.4 Å². The van der Waals surface area contributed by atoms with Crippen LogP contribution in [-0.4, -0.2) is 24.8 Å². The van der Waals surface area contributed by atoms with Crippen LogP contribution in [0, 0.1) is 0 Å². The minimum atomic E-state index is 0.356. The highest BCUT2D eigenvalue weighted by Crippen LogP contribution is 2.33. The molecule has 0 spiro atoms. The molecule has 1 atom stereocenters. The largest absolute Gasteiger partial charge is 0.508 e. The Labute approximate surface area is 126 Å². The van der Waals surface area contributed by atoms with Gasteiger partial charge in [0.25, 0.3) is 0 Å². The van der Waals surface area contributed by atoms with Crippen LogP contribution in [0.5, 0.6) is 5.75 Å². The third-order valence-corrected chi connectivity index (χ3v) is 4.52. The molecule has 0 radical (unpaired) electrons. The van der Waals surface area contributed by atoms with E-state index >= 15 is 0 Å². The maximum absolute atomic E-state index is 9.55. The van der Waals surface area contributed by atoms with Gasteiger partial charge in [-0.05, 0) is 61.6 Å². The molecule has 1 aromatic rings. The number of methoxy groups -OCH3 is 1. The van der Waals surface area contributed by atoms with Crippen molar-refractivity contribution in [2.24, 2.45) is 0 Å². The number of aryl methyl sites for hydroxylation is 1. The number of rotatable bonds is 4. The quantitative estimate of drug-likeness (QED) is 0.834. The second-order valence-corrected chi connectivity index (χ2v) is 5.85. The summed E-state index contributed by atoms with van der Waals surface area (Å²) in [5.74, 6) is 1.47. The molecule has 1 aromatic carbocycles. The summed E-state index contributed by atoms with van der Waals surface area (Å²) in [6, 6.07) is 8.05. The van der Waals surface area contributed by atoms with Gasteiger partial charge in [-0.3, -0.25) is 0 Å². The molecule has 21 heavy (non-hydrogen) atoms. The average molecular weight is 285 g/mol. The molecular formula is C18H23NO2. The molecule has 1 heterocycles. The van der Waals surface area contributed by atoms with Gasteiger partial charge >= 0.3 is 0 Å². The maximum atomic E-state index is 9.55. The van der Waals surface area contributed by atoms with E-state index in [2.05, 4.69) is 17.5 Å². The molecule has 112 valence electrons. The number of hydrogen-bond acceptors (Lipinski definition) is 3. The highest BCUT2D eigenvalue weighted by molar-refractivity contribution is 5.33. The van der Waals surface area contributed by atoms with E-state index in [1.165, 1.54) is 5.56 Å². The van der Waals surface area contributed by atoms with Gasteiger partial charge in [0.15, 0.2) is 0 Å². The maximum Gasteiger partial charge on any atom is 0.115 e. The van der Waals surface area contributed by atoms with E-state index < -0.39 is 0 Å². The normalized spacial score (nSPS) is 21.8. The lowest BCUT2D eigenvalue weighted by Gasteiger charge is -2.32. The highest BCUT2D eigenvalue weighted by atomic mass is 16.5. The van der Waals surface area contributed by atoms with Crippen molar-refractivity contribution in [1.82, 2.24) is 5.32 Å². The number of benzene rings is 1. The third kappa shape index (κ3) is 3.30. The fraction of sp³-hybridized carbons (Fsp3) is 0.444. The number of aromatic hydroxyl groups is 1. The third-order valence-electron chi connectivity index (χ3n) is 4.52. The van der Waals surface area contributed by atoms with E-state index in [9.17, 15) is 5.11 Å². The molecule has 0 fully saturated rings. The molecule has 3 nitrogen and oxygen atoms in total. The zero-order chi connectivity index (χ0) is 14.7. The first-order valence-corrected chi connectivity index (χ1v) is 7.71. The summed E-state index contributed by atoms with van der Waals surface area (Å²) in [4.78, 5) is 0. The second kappa shape index (κ2) is 6.35. The molecule has 2 aliphatic rings. The minimum absolute atomic E-state index is 0.356. The van der Waals surface area contributed by atoms with Gasteiger partial charge in [-0.1, -0.05) is 17.7 Å². The number of ether oxygens (including phenoxy) is 1. The summed E-state index contributed by atoms with van der Waals surface area (Å²) in [7, 11) is 1.76. The van der Waals surface area contributed by atoms with Crippen LogP contribution in [0.3, 0.4) is 0 Å². The Morgan fingerprint density at radius 1 is 1.38 bits per heavy atom. The Bertz CT molecular complexity index is 574. The van der Waals surface area contributed by atoms with Crippen molar-refractivity contribution >= 4 is 0 Å². The van der Waals surface area contributed by atoms with Crippen LogP contribution >= 0.6 is 0 Å². The Hall–Kier alpha value is -1.74. The highest BCUT2D eigenvalue weighted by Gasteiger charge is 2.25. The van der Waals surface area contributed by atoms with Crippen LogP contribution in [-0.2, 0) is 11.2 Å². The summed E-state index contributed by atoms with van der Waals surface area (Å²) in [5.41, 5.74) is 4.32. The molecule has 1 aliphatic carbocycles. The average Bonchev–Trinajstić information content (AvgIpc) is 2.52. The number of phenols is 1. The lowest BCUT2D eigenvalue weighted by Crippen LogP contribution is -2.37. The molecule has 1 unspecified atom stereocenters. The minimum Gasteiger partial charge on any atom is -0.508 e. The first kappa shape index (κ1) is 14.2. The van der Waals surface area contributed by atoms with E-state index in [4.69, 9.17) is 4.74 Å². The predicted octanol–water partition coefficient (Wildman–Crippen LogP) is 3.31. The van der Waals surface area contributed by atoms with Gasteiger partial charge in [0, 0.05) is 12.5 Å². The molecule has 0 amide bonds. The van der Waals surface area contributed by atoms with E-state index in [0.29, 0.717) is 11.8 Å². The number of nitrogens with one attached hydrogen (secondary N) is 1. The molecule has 0 bridgehead atoms. The Kier molecular flexibility index (Phi) is 4.30. The summed E-state index contributed by atoms with van der Waals surface area (Å²) >= 11 is 0. The SMILES string of the molecule is COC1=CCC2=C(CCNC2CCc2cccc(O)c2)C1. The van der Waals surface area contributed by atoms with E-state index in [1.807, 2.05) is 12.1 Å². The Morgan fingerprint density at radius 2 is 2.29 bits per heavy atom. The van der Waals surface area contributed by atoms with Crippen LogP contribution in [0.15, 0.2) is 47.2 Å². The van der Waals surface area contributed by atoms with Gasteiger partial charge in [-0.25, -0.2) is 0 Å². The summed E-state index contributed by atoms with van der Waals surface area (Å²) in [6.45, 7) is 1.06. The van der Waals surface area contributed by atoms with Crippen molar-refractivity contribution < 1.29 is 9.84 Å². The number of phenolic OH excluding ortho intramolecular Hbond substituents is 1. The van der Waals surface area contributed by atoms with Gasteiger partial charge in [-0.15, -0.1) is 0 Å². The lowest BCUT2D eigenvalue weighted by atomic mass is 9.84. The van der Waals surface area contributed by atoms with E-state index in [-0.39, 0.29) is 0 Å². The lowest BCUT2D eigenvalue weighted by molar-refractivity contribution is 0.276. The number of hydrogen-bond donors (Lipinski definition) is 2. The Balaban J connectivity index is 1.66. The van der Waals surface area contributed by atoms with Gasteiger partial charge in [0.1, 0.15) is 5.75 Å². The molecule has 2 N–H and O–H groups in total. The van der Waals surface area contributed by atoms with Crippen molar-refractivity contribution in [2.45, 2.75) is 38.1 Å². The smallest absolute Gasteiger partial charge is 0.115 e. The fourth-order valence-electron chi connectivity index (χ4n) is 3.38. The standard InChI is InChI=1S/C18H23NO2/c1-21-16-6-7-17-14(12-16)9-10-19-18(17)8-5-13-3-2-4-15(20)11-13/h2-4,6,11,18-20H,5,7-10,12H2,1H3. The first-order valence-electron chi connectivity index (χ1n) is 7.71. The summed E-state index contributed by atoms with van der Waals surface area (Å²) in [6.07, 6.45) is 7.42. The predicted molar refractivity (Wildman–Crippen MR) is 84.2 cm³/mol. The van der Waals surface area contributed by atoms with Crippen molar-refractivity contribution in [3.05, 3.63) is 52.8 Å². The first-order chi connectivity index (χ1) is 10.3. The van der Waals surface area contributed by atoms with Crippen LogP contribution < -0.4 is 5.32 Å². The van der Waals surface area contributed by atoms with Crippen molar-refractivity contribution in [3.8, 4) is 5.75 Å². The monoisotopic (exact) mass is 285 g/mol. The molecular weight excluding hydrogens is 262 g/mol. The van der Waals surface area contributed by atoms with Crippen LogP contribution in [0.1, 0.15) is 31.2 Å². The second-order valence-electron chi connectivity index (χ2n) is 5.85. The zero-order valence-corrected chi connectivity index (χ0v) is 12.6. The van der Waals surface area contributed by atoms with Crippen LogP contribution in [0.2, 0.25) is 0 Å². The summed E-state index contributed by atoms with van der Waals surface area (Å²) < 4.78 is 5.40. The fourth-order valence-corrected chi connectivity index (χ4v) is 3.38. The number of allylic oxidation sites excluding steroid dienone is 2. The van der Waals surface area contributed by atoms with Gasteiger partial charge in [-0.2, -0.15) is 0 Å². The van der Waals surface area contributed by atoms with Crippen molar-refractivity contribution in [2.75, 3.05) is 13.7 Å². The van der Waals surface area contributed by atoms with Gasteiger partial charge < -0.3 is 15.2 Å². The molecule has 3 rings (SSSR count).